The standard InChI is InChI=1S/C49H35NO/c1-49(2)44-20-9-8-17-41(44)42-28-26-37(31-45(42)49)50(35-14-4-3-5-15-35)36-27-29-46-43(30-36)48-40(19-11-21-47(48)51-46)34-24-22-33(23-25-34)39-18-10-13-32-12-6-7-16-38(32)39/h3-31H,1-2H3/i6D,7D,10D,11D,12D,13D,16D,18D,19D,21D,27D,29D,30D. The minimum atomic E-state index is -0.563. The maximum absolute atomic E-state index is 9.96. The largest absolute Gasteiger partial charge is 0.456 e. The summed E-state index contributed by atoms with van der Waals surface area (Å²) in [6.45, 7) is 4.32. The number of para-hydroxylation sites is 1. The van der Waals surface area contributed by atoms with Crippen molar-refractivity contribution in [1.82, 2.24) is 0 Å². The van der Waals surface area contributed by atoms with Gasteiger partial charge in [0, 0.05) is 33.2 Å². The number of anilines is 3. The molecule has 0 amide bonds. The summed E-state index contributed by atoms with van der Waals surface area (Å²) in [5, 5.41) is -0.0730. The second-order valence-electron chi connectivity index (χ2n) is 13.1. The van der Waals surface area contributed by atoms with Gasteiger partial charge in [-0.3, -0.25) is 0 Å². The molecule has 1 aliphatic carbocycles. The molecule has 51 heavy (non-hydrogen) atoms. The van der Waals surface area contributed by atoms with Crippen LogP contribution in [0.4, 0.5) is 17.1 Å². The van der Waals surface area contributed by atoms with E-state index in [2.05, 4.69) is 32.0 Å². The molecule has 2 nitrogen and oxygen atoms in total. The molecule has 0 aliphatic heterocycles. The van der Waals surface area contributed by atoms with Gasteiger partial charge in [-0.1, -0.05) is 141 Å². The van der Waals surface area contributed by atoms with Crippen LogP contribution in [0.1, 0.15) is 42.8 Å². The Morgan fingerprint density at radius 3 is 2.08 bits per heavy atom. The van der Waals surface area contributed by atoms with Crippen molar-refractivity contribution < 1.29 is 22.2 Å². The molecule has 1 aromatic heterocycles. The van der Waals surface area contributed by atoms with E-state index in [1.165, 1.54) is 5.56 Å². The SMILES string of the molecule is [2H]c1c(N(c2ccccc2)c2ccc3c(c2)C(C)(C)c2ccccc2-3)c([2H])c2c(oc3c([2H])c([2H])c([2H])c(-c4ccc(-c5c([2H])c([2H])c([2H])c6c([2H])c([2H])c([2H])c([2H])c56)cc4)c32)c1[2H]. The van der Waals surface area contributed by atoms with Crippen LogP contribution in [0.15, 0.2) is 180 Å². The van der Waals surface area contributed by atoms with E-state index in [1.54, 1.807) is 29.2 Å². The average Bonchev–Trinajstić information content (AvgIpc) is 3.80. The van der Waals surface area contributed by atoms with E-state index in [0.29, 0.717) is 16.9 Å². The molecule has 0 saturated carbocycles. The first-order chi connectivity index (χ1) is 30.5. The van der Waals surface area contributed by atoms with Crippen molar-refractivity contribution in [2.45, 2.75) is 19.3 Å². The van der Waals surface area contributed by atoms with E-state index < -0.39 is 54.4 Å². The maximum atomic E-state index is 9.96. The second kappa shape index (κ2) is 11.3. The Kier molecular flexibility index (Phi) is 4.25. The van der Waals surface area contributed by atoms with Gasteiger partial charge in [0.05, 0.1) is 17.8 Å². The Bertz CT molecular complexity index is 3500. The van der Waals surface area contributed by atoms with E-state index in [0.717, 1.165) is 16.7 Å². The summed E-state index contributed by atoms with van der Waals surface area (Å²) in [4.78, 5) is 1.77. The topological polar surface area (TPSA) is 16.4 Å². The smallest absolute Gasteiger partial charge is 0.136 e. The normalized spacial score (nSPS) is 16.6. The molecule has 1 heterocycles. The molecule has 8 aromatic carbocycles. The van der Waals surface area contributed by atoms with Gasteiger partial charge in [0.2, 0.25) is 0 Å². The van der Waals surface area contributed by atoms with Gasteiger partial charge in [-0.2, -0.15) is 0 Å². The first-order valence-corrected chi connectivity index (χ1v) is 16.6. The third kappa shape index (κ3) is 4.64. The van der Waals surface area contributed by atoms with Crippen molar-refractivity contribution >= 4 is 49.8 Å². The van der Waals surface area contributed by atoms with Crippen LogP contribution in [-0.2, 0) is 5.41 Å². The Labute approximate surface area is 316 Å². The van der Waals surface area contributed by atoms with Gasteiger partial charge in [0.1, 0.15) is 11.2 Å². The Hall–Kier alpha value is -6.38. The first kappa shape index (κ1) is 19.1. The van der Waals surface area contributed by atoms with E-state index in [4.69, 9.17) is 16.8 Å². The van der Waals surface area contributed by atoms with Crippen molar-refractivity contribution in [3.8, 4) is 33.4 Å². The van der Waals surface area contributed by atoms with Gasteiger partial charge >= 0.3 is 0 Å². The van der Waals surface area contributed by atoms with Gasteiger partial charge in [-0.25, -0.2) is 0 Å². The molecule has 0 unspecified atom stereocenters. The molecule has 9 aromatic rings. The number of hydrogen-bond donors (Lipinski definition) is 0. The molecule has 0 radical (unpaired) electrons. The minimum Gasteiger partial charge on any atom is -0.456 e. The van der Waals surface area contributed by atoms with Crippen LogP contribution >= 0.6 is 0 Å². The van der Waals surface area contributed by atoms with Crippen LogP contribution in [-0.4, -0.2) is 0 Å². The third-order valence-corrected chi connectivity index (χ3v) is 9.90. The molecule has 0 saturated heterocycles. The highest BCUT2D eigenvalue weighted by Gasteiger charge is 2.35. The molecule has 0 spiro atoms. The molecular formula is C49H35NO. The van der Waals surface area contributed by atoms with Gasteiger partial charge in [0.15, 0.2) is 0 Å². The fourth-order valence-electron chi connectivity index (χ4n) is 7.42. The number of rotatable bonds is 5. The summed E-state index contributed by atoms with van der Waals surface area (Å²) in [5.74, 6) is 0. The fourth-order valence-corrected chi connectivity index (χ4v) is 7.42. The molecule has 0 fully saturated rings. The minimum absolute atomic E-state index is 0.0157. The molecule has 1 aliphatic rings. The number of furan rings is 1. The van der Waals surface area contributed by atoms with Crippen molar-refractivity contribution in [1.29, 1.82) is 0 Å². The average molecular weight is 667 g/mol. The van der Waals surface area contributed by atoms with Crippen LogP contribution in [0.5, 0.6) is 0 Å². The summed E-state index contributed by atoms with van der Waals surface area (Å²) >= 11 is 0. The van der Waals surface area contributed by atoms with E-state index >= 15 is 0 Å². The first-order valence-electron chi connectivity index (χ1n) is 23.1. The van der Waals surface area contributed by atoms with Gasteiger partial charge in [0.25, 0.3) is 0 Å². The zero-order valence-electron chi connectivity index (χ0n) is 40.6. The lowest BCUT2D eigenvalue weighted by molar-refractivity contribution is 0.660. The number of benzene rings is 8. The summed E-state index contributed by atoms with van der Waals surface area (Å²) in [7, 11) is 0. The number of hydrogen-bond acceptors (Lipinski definition) is 2. The van der Waals surface area contributed by atoms with Crippen molar-refractivity contribution in [3.63, 3.8) is 0 Å². The van der Waals surface area contributed by atoms with Gasteiger partial charge in [-0.05, 0) is 104 Å². The molecule has 0 N–H and O–H groups in total. The monoisotopic (exact) mass is 666 g/mol. The van der Waals surface area contributed by atoms with Crippen molar-refractivity contribution in [2.24, 2.45) is 0 Å². The predicted octanol–water partition coefficient (Wildman–Crippen LogP) is 13.8. The van der Waals surface area contributed by atoms with E-state index in [9.17, 15) is 5.48 Å². The van der Waals surface area contributed by atoms with Gasteiger partial charge in [-0.15, -0.1) is 0 Å². The summed E-state index contributed by atoms with van der Waals surface area (Å²) in [6, 6.07) is 24.2. The zero-order chi connectivity index (χ0) is 45.4. The molecule has 242 valence electrons. The molecule has 0 bridgehead atoms. The predicted molar refractivity (Wildman–Crippen MR) is 214 cm³/mol. The van der Waals surface area contributed by atoms with Crippen LogP contribution in [0.25, 0.3) is 66.1 Å². The number of fused-ring (bicyclic) bond motifs is 7. The van der Waals surface area contributed by atoms with E-state index in [-0.39, 0.29) is 84.7 Å². The fraction of sp³-hybridized carbons (Fsp3) is 0.0612. The highest BCUT2D eigenvalue weighted by Crippen LogP contribution is 2.51. The van der Waals surface area contributed by atoms with Crippen molar-refractivity contribution in [2.75, 3.05) is 4.90 Å². The lowest BCUT2D eigenvalue weighted by Crippen LogP contribution is -2.16. The summed E-state index contributed by atoms with van der Waals surface area (Å²) < 4.78 is 122. The van der Waals surface area contributed by atoms with E-state index in [1.807, 2.05) is 54.6 Å². The lowest BCUT2D eigenvalue weighted by Gasteiger charge is -2.28. The Morgan fingerprint density at radius 2 is 1.22 bits per heavy atom. The number of nitrogens with zero attached hydrogens (tertiary/aromatic N) is 1. The quantitative estimate of drug-likeness (QED) is 0.182. The highest BCUT2D eigenvalue weighted by molar-refractivity contribution is 6.13. The Balaban J connectivity index is 1.22. The summed E-state index contributed by atoms with van der Waals surface area (Å²) in [5.41, 5.74) is 5.85. The summed E-state index contributed by atoms with van der Waals surface area (Å²) in [6.07, 6.45) is 0. The zero-order valence-corrected chi connectivity index (χ0v) is 27.6. The third-order valence-electron chi connectivity index (χ3n) is 9.90. The molecule has 2 heteroatoms. The molecule has 0 atom stereocenters. The van der Waals surface area contributed by atoms with Crippen LogP contribution in [0, 0.1) is 0 Å². The van der Waals surface area contributed by atoms with Crippen LogP contribution < -0.4 is 4.90 Å². The highest BCUT2D eigenvalue weighted by atomic mass is 16.3. The van der Waals surface area contributed by atoms with Crippen molar-refractivity contribution in [3.05, 3.63) is 187 Å². The lowest BCUT2D eigenvalue weighted by atomic mass is 9.82. The Morgan fingerprint density at radius 1 is 0.510 bits per heavy atom. The molecular weight excluding hydrogens is 619 g/mol. The van der Waals surface area contributed by atoms with Crippen LogP contribution in [0.2, 0.25) is 0 Å². The van der Waals surface area contributed by atoms with Gasteiger partial charge < -0.3 is 9.32 Å². The molecule has 10 rings (SSSR count). The second-order valence-corrected chi connectivity index (χ2v) is 13.1. The maximum Gasteiger partial charge on any atom is 0.136 e. The van der Waals surface area contributed by atoms with Crippen LogP contribution in [0.3, 0.4) is 0 Å².